The minimum atomic E-state index is -2.22. The number of hydrogen-bond donors (Lipinski definition) is 3. The SMILES string of the molecule is Cc1ccnc(NC(O)(Nc2nccc(C)n2)C(Cl)(Cl)Cl)n1. The first-order valence-electron chi connectivity index (χ1n) is 6.14. The molecular formula is C12H13Cl3N6O. The van der Waals surface area contributed by atoms with E-state index in [-0.39, 0.29) is 11.9 Å². The van der Waals surface area contributed by atoms with Gasteiger partial charge in [0.05, 0.1) is 0 Å². The summed E-state index contributed by atoms with van der Waals surface area (Å²) in [6.45, 7) is 3.52. The van der Waals surface area contributed by atoms with Crippen LogP contribution in [0.5, 0.6) is 0 Å². The van der Waals surface area contributed by atoms with Crippen molar-refractivity contribution >= 4 is 46.7 Å². The molecule has 0 radical (unpaired) electrons. The van der Waals surface area contributed by atoms with Crippen LogP contribution in [-0.2, 0) is 0 Å². The largest absolute Gasteiger partial charge is 0.351 e. The quantitative estimate of drug-likeness (QED) is 0.567. The number of aryl methyl sites for hydroxylation is 2. The molecule has 0 aliphatic heterocycles. The molecule has 0 bridgehead atoms. The molecule has 2 rings (SSSR count). The van der Waals surface area contributed by atoms with Crippen molar-refractivity contribution in [2.45, 2.75) is 23.5 Å². The van der Waals surface area contributed by atoms with E-state index < -0.39 is 9.64 Å². The monoisotopic (exact) mass is 362 g/mol. The van der Waals surface area contributed by atoms with Gasteiger partial charge in [-0.25, -0.2) is 19.9 Å². The van der Waals surface area contributed by atoms with E-state index in [1.807, 2.05) is 0 Å². The van der Waals surface area contributed by atoms with Crippen molar-refractivity contribution in [3.63, 3.8) is 0 Å². The molecule has 2 aromatic rings. The molecule has 2 heterocycles. The fraction of sp³-hybridized carbons (Fsp3) is 0.333. The lowest BCUT2D eigenvalue weighted by molar-refractivity contribution is 0.102. The van der Waals surface area contributed by atoms with Crippen molar-refractivity contribution in [2.24, 2.45) is 0 Å². The summed E-state index contributed by atoms with van der Waals surface area (Å²) in [6, 6.07) is 3.38. The number of anilines is 2. The molecular weight excluding hydrogens is 351 g/mol. The first-order chi connectivity index (χ1) is 10.2. The van der Waals surface area contributed by atoms with Crippen LogP contribution in [0.15, 0.2) is 24.5 Å². The van der Waals surface area contributed by atoms with E-state index in [4.69, 9.17) is 34.8 Å². The highest BCUT2D eigenvalue weighted by Crippen LogP contribution is 2.38. The molecule has 0 saturated carbocycles. The van der Waals surface area contributed by atoms with E-state index >= 15 is 0 Å². The third-order valence-electron chi connectivity index (χ3n) is 2.59. The van der Waals surface area contributed by atoms with Gasteiger partial charge < -0.3 is 15.7 Å². The number of nitrogens with one attached hydrogen (secondary N) is 2. The lowest BCUT2D eigenvalue weighted by Crippen LogP contribution is -2.57. The van der Waals surface area contributed by atoms with Crippen LogP contribution in [0.3, 0.4) is 0 Å². The number of aliphatic hydroxyl groups is 1. The van der Waals surface area contributed by atoms with Crippen LogP contribution in [-0.4, -0.2) is 34.7 Å². The van der Waals surface area contributed by atoms with E-state index in [9.17, 15) is 5.11 Å². The Morgan fingerprint density at radius 1 is 0.909 bits per heavy atom. The highest BCUT2D eigenvalue weighted by Gasteiger charge is 2.49. The third kappa shape index (κ3) is 4.07. The highest BCUT2D eigenvalue weighted by molar-refractivity contribution is 6.68. The average Bonchev–Trinajstić information content (AvgIpc) is 2.37. The molecule has 118 valence electrons. The molecule has 10 heteroatoms. The first-order valence-corrected chi connectivity index (χ1v) is 7.28. The van der Waals surface area contributed by atoms with E-state index in [0.717, 1.165) is 0 Å². The Morgan fingerprint density at radius 3 is 1.64 bits per heavy atom. The standard InChI is InChI=1S/C12H13Cl3N6O/c1-7-3-5-16-9(18-7)20-12(22,11(13,14)15)21-10-17-6-4-8(2)19-10/h3-6,22H,1-2H3,(H,16,18,20)(H,17,19,21). The summed E-state index contributed by atoms with van der Waals surface area (Å²) in [5, 5.41) is 15.8. The van der Waals surface area contributed by atoms with Gasteiger partial charge in [-0.2, -0.15) is 0 Å². The number of aromatic nitrogens is 4. The van der Waals surface area contributed by atoms with Crippen molar-refractivity contribution in [1.82, 2.24) is 19.9 Å². The summed E-state index contributed by atoms with van der Waals surface area (Å²) in [7, 11) is 0. The molecule has 0 unspecified atom stereocenters. The van der Waals surface area contributed by atoms with Gasteiger partial charge in [-0.3, -0.25) is 0 Å². The van der Waals surface area contributed by atoms with Crippen LogP contribution in [0.2, 0.25) is 0 Å². The molecule has 0 spiro atoms. The van der Waals surface area contributed by atoms with Crippen LogP contribution >= 0.6 is 34.8 Å². The molecule has 0 aliphatic carbocycles. The fourth-order valence-corrected chi connectivity index (χ4v) is 1.80. The first kappa shape index (κ1) is 17.0. The molecule has 2 aromatic heterocycles. The summed E-state index contributed by atoms with van der Waals surface area (Å²) in [5.74, 6) is -2.07. The van der Waals surface area contributed by atoms with Gasteiger partial charge in [0.25, 0.3) is 9.64 Å². The van der Waals surface area contributed by atoms with Crippen LogP contribution in [0.1, 0.15) is 11.4 Å². The normalized spacial score (nSPS) is 12.1. The average molecular weight is 364 g/mol. The Balaban J connectivity index is 2.32. The molecule has 0 aromatic carbocycles. The fourth-order valence-electron chi connectivity index (χ4n) is 1.51. The lowest BCUT2D eigenvalue weighted by atomic mass is 10.4. The van der Waals surface area contributed by atoms with Crippen molar-refractivity contribution in [3.05, 3.63) is 35.9 Å². The van der Waals surface area contributed by atoms with Crippen molar-refractivity contribution in [1.29, 1.82) is 0 Å². The number of halogens is 3. The summed E-state index contributed by atoms with van der Waals surface area (Å²) in [4.78, 5) is 16.1. The van der Waals surface area contributed by atoms with E-state index in [0.29, 0.717) is 11.4 Å². The van der Waals surface area contributed by atoms with E-state index in [1.165, 1.54) is 12.4 Å². The zero-order chi connectivity index (χ0) is 16.4. The van der Waals surface area contributed by atoms with Crippen molar-refractivity contribution < 1.29 is 5.11 Å². The Morgan fingerprint density at radius 2 is 1.32 bits per heavy atom. The second-order valence-corrected chi connectivity index (χ2v) is 6.78. The van der Waals surface area contributed by atoms with Crippen LogP contribution in [0, 0.1) is 13.8 Å². The molecule has 0 atom stereocenters. The smallest absolute Gasteiger partial charge is 0.268 e. The maximum absolute atomic E-state index is 10.7. The second kappa shape index (κ2) is 6.37. The van der Waals surface area contributed by atoms with Gasteiger partial charge in [-0.15, -0.1) is 0 Å². The van der Waals surface area contributed by atoms with Gasteiger partial charge in [0, 0.05) is 23.8 Å². The molecule has 3 N–H and O–H groups in total. The molecule has 0 saturated heterocycles. The maximum atomic E-state index is 10.7. The Hall–Kier alpha value is -1.41. The summed E-state index contributed by atoms with van der Waals surface area (Å²) < 4.78 is -2.16. The van der Waals surface area contributed by atoms with Crippen molar-refractivity contribution in [2.75, 3.05) is 10.6 Å². The topological polar surface area (TPSA) is 95.9 Å². The van der Waals surface area contributed by atoms with E-state index in [1.54, 1.807) is 26.0 Å². The van der Waals surface area contributed by atoms with Crippen LogP contribution < -0.4 is 10.6 Å². The third-order valence-corrected chi connectivity index (χ3v) is 3.41. The highest BCUT2D eigenvalue weighted by atomic mass is 35.6. The number of nitrogens with zero attached hydrogens (tertiary/aromatic N) is 4. The Bertz CT molecular complexity index is 616. The zero-order valence-corrected chi connectivity index (χ0v) is 13.9. The number of hydrogen-bond acceptors (Lipinski definition) is 7. The van der Waals surface area contributed by atoms with Gasteiger partial charge in [-0.1, -0.05) is 34.8 Å². The second-order valence-electron chi connectivity index (χ2n) is 4.50. The van der Waals surface area contributed by atoms with E-state index in [2.05, 4.69) is 30.6 Å². The zero-order valence-electron chi connectivity index (χ0n) is 11.7. The molecule has 0 amide bonds. The lowest BCUT2D eigenvalue weighted by Gasteiger charge is -2.35. The number of rotatable bonds is 4. The number of alkyl halides is 3. The Labute approximate surface area is 142 Å². The van der Waals surface area contributed by atoms with Gasteiger partial charge >= 0.3 is 0 Å². The molecule has 22 heavy (non-hydrogen) atoms. The summed E-state index contributed by atoms with van der Waals surface area (Å²) >= 11 is 17.6. The van der Waals surface area contributed by atoms with Gasteiger partial charge in [0.15, 0.2) is 0 Å². The summed E-state index contributed by atoms with van der Waals surface area (Å²) in [6.07, 6.45) is 3.01. The van der Waals surface area contributed by atoms with Gasteiger partial charge in [-0.05, 0) is 26.0 Å². The van der Waals surface area contributed by atoms with Crippen LogP contribution in [0.4, 0.5) is 11.9 Å². The minimum Gasteiger partial charge on any atom is -0.351 e. The molecule has 0 aliphatic rings. The predicted molar refractivity (Wildman–Crippen MR) is 86.0 cm³/mol. The minimum absolute atomic E-state index is 0.0778. The maximum Gasteiger partial charge on any atom is 0.268 e. The summed E-state index contributed by atoms with van der Waals surface area (Å²) in [5.41, 5.74) is 1.35. The molecule has 0 fully saturated rings. The van der Waals surface area contributed by atoms with Crippen LogP contribution in [0.25, 0.3) is 0 Å². The Kier molecular flexibility index (Phi) is 4.91. The molecule has 7 nitrogen and oxygen atoms in total. The predicted octanol–water partition coefficient (Wildman–Crippen LogP) is 2.42. The van der Waals surface area contributed by atoms with Gasteiger partial charge in [0.2, 0.25) is 11.9 Å². The van der Waals surface area contributed by atoms with Crippen molar-refractivity contribution in [3.8, 4) is 0 Å². The van der Waals surface area contributed by atoms with Gasteiger partial charge in [0.1, 0.15) is 0 Å².